The Labute approximate surface area is 156 Å². The summed E-state index contributed by atoms with van der Waals surface area (Å²) < 4.78 is 16.2. The minimum atomic E-state index is -0.129. The molecule has 2 aliphatic rings. The molecule has 138 valence electrons. The number of nitrogens with one attached hydrogen (secondary N) is 1. The number of ether oxygens (including phenoxy) is 2. The molecule has 1 aromatic heterocycles. The number of aryl methyl sites for hydroxylation is 1. The van der Waals surface area contributed by atoms with Gasteiger partial charge in [-0.1, -0.05) is 16.8 Å². The topological polar surface area (TPSA) is 76.8 Å². The van der Waals surface area contributed by atoms with Crippen LogP contribution in [-0.4, -0.2) is 42.3 Å². The molecule has 0 unspecified atom stereocenters. The van der Waals surface area contributed by atoms with Gasteiger partial charge in [-0.15, -0.1) is 0 Å². The maximum atomic E-state index is 12.5. The molecule has 2 aromatic rings. The van der Waals surface area contributed by atoms with Crippen molar-refractivity contribution in [3.63, 3.8) is 0 Å². The average molecular weight is 378 g/mol. The van der Waals surface area contributed by atoms with Gasteiger partial charge in [-0.05, 0) is 26.3 Å². The van der Waals surface area contributed by atoms with E-state index >= 15 is 0 Å². The van der Waals surface area contributed by atoms with Crippen molar-refractivity contribution in [3.8, 4) is 11.5 Å². The number of benzene rings is 1. The summed E-state index contributed by atoms with van der Waals surface area (Å²) in [6.07, 6.45) is 1.98. The summed E-state index contributed by atoms with van der Waals surface area (Å²) in [4.78, 5) is 14.7. The molecule has 0 bridgehead atoms. The van der Waals surface area contributed by atoms with Crippen LogP contribution >= 0.6 is 11.6 Å². The Morgan fingerprint density at radius 2 is 2.08 bits per heavy atom. The van der Waals surface area contributed by atoms with Crippen LogP contribution in [0.1, 0.15) is 30.3 Å². The van der Waals surface area contributed by atoms with Crippen LogP contribution in [0.4, 0.5) is 5.69 Å². The fraction of sp³-hybridized carbons (Fsp3) is 0.444. The molecule has 0 radical (unpaired) electrons. The lowest BCUT2D eigenvalue weighted by molar-refractivity contribution is -0.117. The van der Waals surface area contributed by atoms with Crippen LogP contribution in [0, 0.1) is 6.92 Å². The van der Waals surface area contributed by atoms with Crippen LogP contribution in [0.15, 0.2) is 22.7 Å². The molecule has 1 fully saturated rings. The highest BCUT2D eigenvalue weighted by Crippen LogP contribution is 2.38. The first-order chi connectivity index (χ1) is 12.6. The molecule has 0 aliphatic carbocycles. The van der Waals surface area contributed by atoms with E-state index in [0.29, 0.717) is 35.4 Å². The second-order valence-corrected chi connectivity index (χ2v) is 6.92. The van der Waals surface area contributed by atoms with Crippen molar-refractivity contribution in [2.24, 2.45) is 0 Å². The molecule has 1 saturated heterocycles. The molecule has 26 heavy (non-hydrogen) atoms. The SMILES string of the molecule is Cc1cc([C@H]2CCCN2CC(=O)Nc2cc3c(cc2Cl)OCCO3)no1. The van der Waals surface area contributed by atoms with E-state index in [2.05, 4.69) is 15.4 Å². The fourth-order valence-corrected chi connectivity index (χ4v) is 3.63. The van der Waals surface area contributed by atoms with Crippen LogP contribution in [0.25, 0.3) is 0 Å². The quantitative estimate of drug-likeness (QED) is 0.881. The Balaban J connectivity index is 1.44. The first-order valence-electron chi connectivity index (χ1n) is 8.66. The van der Waals surface area contributed by atoms with Gasteiger partial charge in [0.25, 0.3) is 0 Å². The maximum Gasteiger partial charge on any atom is 0.238 e. The summed E-state index contributed by atoms with van der Waals surface area (Å²) in [5.74, 6) is 1.84. The van der Waals surface area contributed by atoms with Crippen LogP contribution in [-0.2, 0) is 4.79 Å². The summed E-state index contributed by atoms with van der Waals surface area (Å²) in [5.41, 5.74) is 1.40. The normalized spacial score (nSPS) is 19.5. The minimum absolute atomic E-state index is 0.105. The van der Waals surface area contributed by atoms with Gasteiger partial charge in [-0.3, -0.25) is 9.69 Å². The van der Waals surface area contributed by atoms with Crippen molar-refractivity contribution in [1.82, 2.24) is 10.1 Å². The van der Waals surface area contributed by atoms with E-state index < -0.39 is 0 Å². The molecule has 4 rings (SSSR count). The molecule has 7 nitrogen and oxygen atoms in total. The molecule has 8 heteroatoms. The Morgan fingerprint density at radius 1 is 1.31 bits per heavy atom. The van der Waals surface area contributed by atoms with E-state index in [-0.39, 0.29) is 18.5 Å². The molecular formula is C18H20ClN3O4. The number of fused-ring (bicyclic) bond motifs is 1. The van der Waals surface area contributed by atoms with Gasteiger partial charge in [0.2, 0.25) is 5.91 Å². The lowest BCUT2D eigenvalue weighted by Crippen LogP contribution is -2.33. The number of hydrogen-bond acceptors (Lipinski definition) is 6. The minimum Gasteiger partial charge on any atom is -0.486 e. The smallest absolute Gasteiger partial charge is 0.238 e. The van der Waals surface area contributed by atoms with Crippen molar-refractivity contribution in [3.05, 3.63) is 34.7 Å². The Morgan fingerprint density at radius 3 is 2.81 bits per heavy atom. The van der Waals surface area contributed by atoms with Gasteiger partial charge in [-0.25, -0.2) is 0 Å². The summed E-state index contributed by atoms with van der Waals surface area (Å²) >= 11 is 6.26. The van der Waals surface area contributed by atoms with E-state index in [1.165, 1.54) is 0 Å². The molecule has 1 N–H and O–H groups in total. The standard InChI is InChI=1S/C18H20ClN3O4/c1-11-7-14(21-26-11)15-3-2-4-22(15)10-18(23)20-13-9-17-16(8-12(13)19)24-5-6-25-17/h7-9,15H,2-6,10H2,1H3,(H,20,23)/t15-/m1/s1. The second kappa shape index (κ2) is 7.17. The fourth-order valence-electron chi connectivity index (χ4n) is 3.43. The molecule has 1 amide bonds. The van der Waals surface area contributed by atoms with Gasteiger partial charge in [0.15, 0.2) is 11.5 Å². The monoisotopic (exact) mass is 377 g/mol. The van der Waals surface area contributed by atoms with E-state index in [4.69, 9.17) is 25.6 Å². The zero-order chi connectivity index (χ0) is 18.1. The predicted octanol–water partition coefficient (Wildman–Crippen LogP) is 3.18. The average Bonchev–Trinajstić information content (AvgIpc) is 3.24. The second-order valence-electron chi connectivity index (χ2n) is 6.51. The van der Waals surface area contributed by atoms with Crippen LogP contribution in [0.2, 0.25) is 5.02 Å². The van der Waals surface area contributed by atoms with Crippen molar-refractivity contribution in [2.45, 2.75) is 25.8 Å². The number of anilines is 1. The number of rotatable bonds is 4. The van der Waals surface area contributed by atoms with Gasteiger partial charge < -0.3 is 19.3 Å². The number of amides is 1. The highest BCUT2D eigenvalue weighted by Gasteiger charge is 2.30. The predicted molar refractivity (Wildman–Crippen MR) is 95.9 cm³/mol. The number of hydrogen-bond donors (Lipinski definition) is 1. The molecule has 2 aliphatic heterocycles. The molecular weight excluding hydrogens is 358 g/mol. The van der Waals surface area contributed by atoms with Gasteiger partial charge in [0.05, 0.1) is 23.3 Å². The first-order valence-corrected chi connectivity index (χ1v) is 9.04. The van der Waals surface area contributed by atoms with Crippen LogP contribution in [0.5, 0.6) is 11.5 Å². The van der Waals surface area contributed by atoms with E-state index in [9.17, 15) is 4.79 Å². The van der Waals surface area contributed by atoms with Gasteiger partial charge in [0, 0.05) is 18.2 Å². The highest BCUT2D eigenvalue weighted by molar-refractivity contribution is 6.34. The zero-order valence-corrected chi connectivity index (χ0v) is 15.2. The van der Waals surface area contributed by atoms with E-state index in [1.807, 2.05) is 13.0 Å². The Hall–Kier alpha value is -2.25. The third-order valence-electron chi connectivity index (χ3n) is 4.60. The Bertz CT molecular complexity index is 823. The van der Waals surface area contributed by atoms with Crippen LogP contribution in [0.3, 0.4) is 0 Å². The largest absolute Gasteiger partial charge is 0.486 e. The molecule has 0 saturated carbocycles. The van der Waals surface area contributed by atoms with Gasteiger partial charge >= 0.3 is 0 Å². The molecule has 3 heterocycles. The highest BCUT2D eigenvalue weighted by atomic mass is 35.5. The van der Waals surface area contributed by atoms with Gasteiger partial charge in [-0.2, -0.15) is 0 Å². The third kappa shape index (κ3) is 3.50. The lowest BCUT2D eigenvalue weighted by Gasteiger charge is -2.23. The first kappa shape index (κ1) is 17.2. The number of halogens is 1. The summed E-state index contributed by atoms with van der Waals surface area (Å²) in [6.45, 7) is 3.95. The number of aromatic nitrogens is 1. The number of carbonyl (C=O) groups is 1. The molecule has 0 spiro atoms. The van der Waals surface area contributed by atoms with Crippen molar-refractivity contribution in [1.29, 1.82) is 0 Å². The zero-order valence-electron chi connectivity index (χ0n) is 14.5. The van der Waals surface area contributed by atoms with Crippen molar-refractivity contribution >= 4 is 23.2 Å². The maximum absolute atomic E-state index is 12.5. The molecule has 1 aromatic carbocycles. The third-order valence-corrected chi connectivity index (χ3v) is 4.92. The number of nitrogens with zero attached hydrogens (tertiary/aromatic N) is 2. The van der Waals surface area contributed by atoms with Crippen molar-refractivity contribution < 1.29 is 18.8 Å². The van der Waals surface area contributed by atoms with E-state index in [0.717, 1.165) is 30.8 Å². The Kier molecular flexibility index (Phi) is 4.74. The molecule has 1 atom stereocenters. The van der Waals surface area contributed by atoms with Crippen LogP contribution < -0.4 is 14.8 Å². The number of likely N-dealkylation sites (tertiary alicyclic amines) is 1. The lowest BCUT2D eigenvalue weighted by atomic mass is 10.1. The summed E-state index contributed by atoms with van der Waals surface area (Å²) in [7, 11) is 0. The number of carbonyl (C=O) groups excluding carboxylic acids is 1. The van der Waals surface area contributed by atoms with E-state index in [1.54, 1.807) is 12.1 Å². The summed E-state index contributed by atoms with van der Waals surface area (Å²) in [6, 6.07) is 5.41. The van der Waals surface area contributed by atoms with Crippen molar-refractivity contribution in [2.75, 3.05) is 31.6 Å². The van der Waals surface area contributed by atoms with Gasteiger partial charge in [0.1, 0.15) is 24.7 Å². The summed E-state index contributed by atoms with van der Waals surface area (Å²) in [5, 5.41) is 7.40.